The van der Waals surface area contributed by atoms with E-state index >= 15 is 0 Å². The Kier molecular flexibility index (Phi) is 63.2. The minimum atomic E-state index is -0.770. The Balaban J connectivity index is 4.10. The van der Waals surface area contributed by atoms with E-state index in [2.05, 4.69) is 81.5 Å². The van der Waals surface area contributed by atoms with Gasteiger partial charge in [0, 0.05) is 19.3 Å². The van der Waals surface area contributed by atoms with E-state index in [1.807, 2.05) is 0 Å². The molecule has 0 rings (SSSR count). The predicted molar refractivity (Wildman–Crippen MR) is 335 cm³/mol. The molecule has 1 atom stereocenters. The van der Waals surface area contributed by atoms with Crippen LogP contribution in [0.2, 0.25) is 0 Å². The maximum atomic E-state index is 12.9. The van der Waals surface area contributed by atoms with Crippen LogP contribution in [0, 0.1) is 0 Å². The molecule has 6 nitrogen and oxygen atoms in total. The fraction of sp³-hybridized carbons (Fsp3) is 0.817. The monoisotopic (exact) mass is 1080 g/mol. The number of carbonyl (C=O) groups excluding carboxylic acids is 3. The molecule has 448 valence electrons. The van der Waals surface area contributed by atoms with Crippen LogP contribution in [-0.2, 0) is 28.6 Å². The van der Waals surface area contributed by atoms with E-state index in [4.69, 9.17) is 14.2 Å². The van der Waals surface area contributed by atoms with Crippen molar-refractivity contribution in [3.63, 3.8) is 0 Å². The van der Waals surface area contributed by atoms with Crippen LogP contribution in [0.25, 0.3) is 0 Å². The van der Waals surface area contributed by atoms with Gasteiger partial charge in [-0.2, -0.15) is 0 Å². The van der Waals surface area contributed by atoms with Gasteiger partial charge in [0.15, 0.2) is 6.10 Å². The van der Waals surface area contributed by atoms with E-state index in [0.717, 1.165) is 89.9 Å². The molecule has 77 heavy (non-hydrogen) atoms. The highest BCUT2D eigenvalue weighted by Gasteiger charge is 2.19. The van der Waals surface area contributed by atoms with Crippen LogP contribution < -0.4 is 0 Å². The molecule has 0 N–H and O–H groups in total. The summed E-state index contributed by atoms with van der Waals surface area (Å²) in [5, 5.41) is 0. The van der Waals surface area contributed by atoms with Gasteiger partial charge < -0.3 is 14.2 Å². The molecule has 0 aliphatic rings. The van der Waals surface area contributed by atoms with Crippen molar-refractivity contribution in [3.05, 3.63) is 60.8 Å². The Hall–Kier alpha value is -2.89. The summed E-state index contributed by atoms with van der Waals surface area (Å²) in [6.07, 6.45) is 84.0. The highest BCUT2D eigenvalue weighted by atomic mass is 16.6. The molecule has 0 saturated heterocycles. The minimum Gasteiger partial charge on any atom is -0.462 e. The minimum absolute atomic E-state index is 0.0688. The number of ether oxygens (including phenoxy) is 3. The van der Waals surface area contributed by atoms with Crippen LogP contribution >= 0.6 is 0 Å². The quantitative estimate of drug-likeness (QED) is 0.0261. The number of unbranched alkanes of at least 4 members (excludes halogenated alkanes) is 41. The number of rotatable bonds is 62. The molecule has 0 aliphatic heterocycles. The molecule has 0 aromatic carbocycles. The third-order valence-electron chi connectivity index (χ3n) is 15.0. The second-order valence-electron chi connectivity index (χ2n) is 22.7. The summed E-state index contributed by atoms with van der Waals surface area (Å²) in [5.74, 6) is -0.852. The first-order valence-corrected chi connectivity index (χ1v) is 33.8. The maximum absolute atomic E-state index is 12.9. The molecular weight excluding hydrogens is 949 g/mol. The standard InChI is InChI=1S/C71H128O6/c1-4-7-10-13-16-19-21-23-25-27-29-31-33-34-35-36-37-38-39-41-42-44-46-48-50-52-55-58-61-64-70(73)76-67-68(66-75-69(72)63-60-57-54-18-15-12-9-6-3)77-71(74)65-62-59-56-53-51-49-47-45-43-40-32-30-28-26-24-22-20-17-14-11-8-5-2/h7,10,16,19,23,25,29,31,34-35,68H,4-6,8-9,11-15,17-18,20-22,24,26-28,30,32-33,36-67H2,1-3H3/b10-7-,19-16-,25-23-,31-29-,35-34-. The molecule has 0 aromatic rings. The van der Waals surface area contributed by atoms with E-state index in [9.17, 15) is 14.4 Å². The number of allylic oxidation sites excluding steroid dienone is 10. The lowest BCUT2D eigenvalue weighted by atomic mass is 10.0. The van der Waals surface area contributed by atoms with Crippen LogP contribution in [0.4, 0.5) is 0 Å². The summed E-state index contributed by atoms with van der Waals surface area (Å²) in [6, 6.07) is 0. The molecule has 0 amide bonds. The van der Waals surface area contributed by atoms with Crippen molar-refractivity contribution >= 4 is 17.9 Å². The van der Waals surface area contributed by atoms with Crippen LogP contribution in [0.1, 0.15) is 355 Å². The van der Waals surface area contributed by atoms with E-state index in [1.165, 1.54) is 225 Å². The zero-order valence-electron chi connectivity index (χ0n) is 51.5. The van der Waals surface area contributed by atoms with Gasteiger partial charge in [-0.3, -0.25) is 14.4 Å². The van der Waals surface area contributed by atoms with Gasteiger partial charge in [-0.05, 0) is 64.2 Å². The highest BCUT2D eigenvalue weighted by Crippen LogP contribution is 2.18. The van der Waals surface area contributed by atoms with Gasteiger partial charge in [-0.25, -0.2) is 0 Å². The molecule has 6 heteroatoms. The highest BCUT2D eigenvalue weighted by molar-refractivity contribution is 5.71. The summed E-state index contributed by atoms with van der Waals surface area (Å²) < 4.78 is 16.9. The smallest absolute Gasteiger partial charge is 0.306 e. The van der Waals surface area contributed by atoms with Gasteiger partial charge in [0.1, 0.15) is 13.2 Å². The lowest BCUT2D eigenvalue weighted by Crippen LogP contribution is -2.30. The average Bonchev–Trinajstić information content (AvgIpc) is 3.43. The summed E-state index contributed by atoms with van der Waals surface area (Å²) in [4.78, 5) is 38.2. The van der Waals surface area contributed by atoms with Crippen LogP contribution in [-0.4, -0.2) is 37.2 Å². The van der Waals surface area contributed by atoms with E-state index in [-0.39, 0.29) is 31.1 Å². The van der Waals surface area contributed by atoms with Gasteiger partial charge in [0.2, 0.25) is 0 Å². The van der Waals surface area contributed by atoms with Crippen molar-refractivity contribution in [2.75, 3.05) is 13.2 Å². The fourth-order valence-corrected chi connectivity index (χ4v) is 10.0. The Morgan fingerprint density at radius 2 is 0.506 bits per heavy atom. The molecule has 0 bridgehead atoms. The SMILES string of the molecule is CC/C=C\C/C=C\C/C=C\C/C=C\C/C=C\CCCCCCCCCCCCCCCC(=O)OCC(COC(=O)CCCCCCCCCC)OC(=O)CCCCCCCCCCCCCCCCCCCCCCCC. The number of carbonyl (C=O) groups is 3. The molecule has 0 saturated carbocycles. The molecule has 0 spiro atoms. The molecule has 0 fully saturated rings. The third-order valence-corrected chi connectivity index (χ3v) is 15.0. The largest absolute Gasteiger partial charge is 0.462 e. The second-order valence-corrected chi connectivity index (χ2v) is 22.7. The van der Waals surface area contributed by atoms with Crippen molar-refractivity contribution in [2.45, 2.75) is 361 Å². The van der Waals surface area contributed by atoms with Crippen molar-refractivity contribution in [1.29, 1.82) is 0 Å². The van der Waals surface area contributed by atoms with Crippen molar-refractivity contribution < 1.29 is 28.6 Å². The third kappa shape index (κ3) is 63.8. The Labute approximate surface area is 479 Å². The summed E-state index contributed by atoms with van der Waals surface area (Å²) in [5.41, 5.74) is 0. The van der Waals surface area contributed by atoms with E-state index < -0.39 is 6.10 Å². The number of hydrogen-bond donors (Lipinski definition) is 0. The first kappa shape index (κ1) is 74.1. The van der Waals surface area contributed by atoms with Gasteiger partial charge >= 0.3 is 17.9 Å². The molecule has 0 radical (unpaired) electrons. The summed E-state index contributed by atoms with van der Waals surface area (Å²) >= 11 is 0. The van der Waals surface area contributed by atoms with Crippen LogP contribution in [0.15, 0.2) is 60.8 Å². The average molecular weight is 1080 g/mol. The van der Waals surface area contributed by atoms with Gasteiger partial charge in [-0.15, -0.1) is 0 Å². The Morgan fingerprint density at radius 3 is 0.792 bits per heavy atom. The van der Waals surface area contributed by atoms with E-state index in [1.54, 1.807) is 0 Å². The zero-order valence-corrected chi connectivity index (χ0v) is 51.5. The normalized spacial score (nSPS) is 12.4. The molecule has 0 heterocycles. The first-order valence-electron chi connectivity index (χ1n) is 33.8. The lowest BCUT2D eigenvalue weighted by Gasteiger charge is -2.18. The van der Waals surface area contributed by atoms with Crippen molar-refractivity contribution in [1.82, 2.24) is 0 Å². The maximum Gasteiger partial charge on any atom is 0.306 e. The Morgan fingerprint density at radius 1 is 0.273 bits per heavy atom. The number of esters is 3. The first-order chi connectivity index (χ1) is 38.0. The van der Waals surface area contributed by atoms with Gasteiger partial charge in [0.25, 0.3) is 0 Å². The summed E-state index contributed by atoms with van der Waals surface area (Å²) in [6.45, 7) is 6.55. The molecular formula is C71H128O6. The van der Waals surface area contributed by atoms with E-state index in [0.29, 0.717) is 19.3 Å². The van der Waals surface area contributed by atoms with Crippen molar-refractivity contribution in [2.24, 2.45) is 0 Å². The molecule has 0 aliphatic carbocycles. The van der Waals surface area contributed by atoms with Crippen LogP contribution in [0.3, 0.4) is 0 Å². The second kappa shape index (κ2) is 65.6. The molecule has 0 aromatic heterocycles. The zero-order chi connectivity index (χ0) is 55.7. The lowest BCUT2D eigenvalue weighted by molar-refractivity contribution is -0.167. The fourth-order valence-electron chi connectivity index (χ4n) is 10.0. The Bertz CT molecular complexity index is 1380. The predicted octanol–water partition coefficient (Wildman–Crippen LogP) is 23.1. The number of hydrogen-bond acceptors (Lipinski definition) is 6. The van der Waals surface area contributed by atoms with Gasteiger partial charge in [-0.1, -0.05) is 332 Å². The van der Waals surface area contributed by atoms with Gasteiger partial charge in [0.05, 0.1) is 0 Å². The van der Waals surface area contributed by atoms with Crippen LogP contribution in [0.5, 0.6) is 0 Å². The molecule has 1 unspecified atom stereocenters. The van der Waals surface area contributed by atoms with Crippen molar-refractivity contribution in [3.8, 4) is 0 Å². The topological polar surface area (TPSA) is 78.9 Å². The summed E-state index contributed by atoms with van der Waals surface area (Å²) in [7, 11) is 0.